The van der Waals surface area contributed by atoms with Gasteiger partial charge in [-0.3, -0.25) is 4.90 Å². The van der Waals surface area contributed by atoms with Gasteiger partial charge in [-0.15, -0.1) is 0 Å². The number of carbonyl (C=O) groups excluding carboxylic acids is 1. The number of carbonyl (C=O) groups is 1. The van der Waals surface area contributed by atoms with Gasteiger partial charge < -0.3 is 9.47 Å². The number of nitrogens with zero attached hydrogens (tertiary/aromatic N) is 4. The first-order valence-corrected chi connectivity index (χ1v) is 5.37. The number of aryl methyl sites for hydroxylation is 1. The second kappa shape index (κ2) is 4.08. The minimum absolute atomic E-state index is 0.0553. The van der Waals surface area contributed by atoms with Crippen molar-refractivity contribution < 1.29 is 4.79 Å². The Kier molecular flexibility index (Phi) is 2.75. The topological polar surface area (TPSA) is 41.4 Å². The van der Waals surface area contributed by atoms with Crippen molar-refractivity contribution in [3.05, 3.63) is 24.5 Å². The Morgan fingerprint density at radius 2 is 2.00 bits per heavy atom. The van der Waals surface area contributed by atoms with E-state index in [4.69, 9.17) is 0 Å². The zero-order valence-electron chi connectivity index (χ0n) is 10.5. The lowest BCUT2D eigenvalue weighted by Crippen LogP contribution is -2.36. The van der Waals surface area contributed by atoms with Crippen LogP contribution in [0.2, 0.25) is 0 Å². The van der Waals surface area contributed by atoms with Crippen LogP contribution in [0.1, 0.15) is 0 Å². The summed E-state index contributed by atoms with van der Waals surface area (Å²) in [6.07, 6.45) is 1.77. The van der Waals surface area contributed by atoms with Gasteiger partial charge in [-0.1, -0.05) is 0 Å². The Balaban J connectivity index is 2.39. The average Bonchev–Trinajstić information content (AvgIpc) is 2.68. The number of benzene rings is 1. The molecule has 1 aromatic carbocycles. The van der Waals surface area contributed by atoms with E-state index in [1.807, 2.05) is 29.8 Å². The molecule has 0 radical (unpaired) electrons. The van der Waals surface area contributed by atoms with E-state index < -0.39 is 0 Å². The molecule has 5 nitrogen and oxygen atoms in total. The second-order valence-corrected chi connectivity index (χ2v) is 4.26. The molecule has 0 fully saturated rings. The first-order chi connectivity index (χ1) is 8.00. The van der Waals surface area contributed by atoms with Crippen molar-refractivity contribution in [2.75, 3.05) is 26.0 Å². The van der Waals surface area contributed by atoms with E-state index in [2.05, 4.69) is 4.98 Å². The molecular formula is C12H16N4O. The first kappa shape index (κ1) is 11.4. The highest BCUT2D eigenvalue weighted by molar-refractivity contribution is 5.93. The van der Waals surface area contributed by atoms with E-state index in [1.54, 1.807) is 37.3 Å². The molecule has 0 aliphatic heterocycles. The fourth-order valence-corrected chi connectivity index (χ4v) is 1.74. The van der Waals surface area contributed by atoms with Gasteiger partial charge in [0.15, 0.2) is 0 Å². The molecule has 0 unspecified atom stereocenters. The number of aromatic nitrogens is 2. The third-order valence-corrected chi connectivity index (χ3v) is 2.77. The summed E-state index contributed by atoms with van der Waals surface area (Å²) in [5.41, 5.74) is 2.79. The number of fused-ring (bicyclic) bond motifs is 1. The van der Waals surface area contributed by atoms with E-state index in [9.17, 15) is 4.79 Å². The maximum atomic E-state index is 11.8. The van der Waals surface area contributed by atoms with E-state index >= 15 is 0 Å². The predicted octanol–water partition coefficient (Wildman–Crippen LogP) is 1.69. The maximum absolute atomic E-state index is 11.8. The molecule has 0 spiro atoms. The molecule has 17 heavy (non-hydrogen) atoms. The van der Waals surface area contributed by atoms with Crippen LogP contribution in [0.3, 0.4) is 0 Å². The molecule has 2 rings (SSSR count). The van der Waals surface area contributed by atoms with Crippen molar-refractivity contribution in [3.63, 3.8) is 0 Å². The van der Waals surface area contributed by atoms with Gasteiger partial charge in [0.25, 0.3) is 0 Å². The Bertz CT molecular complexity index is 559. The zero-order valence-corrected chi connectivity index (χ0v) is 10.5. The summed E-state index contributed by atoms with van der Waals surface area (Å²) >= 11 is 0. The fraction of sp³-hybridized carbons (Fsp3) is 0.333. The minimum atomic E-state index is -0.0553. The summed E-state index contributed by atoms with van der Waals surface area (Å²) < 4.78 is 1.95. The molecule has 2 aromatic rings. The van der Waals surface area contributed by atoms with Crippen molar-refractivity contribution in [1.29, 1.82) is 0 Å². The molecule has 0 aliphatic rings. The van der Waals surface area contributed by atoms with Crippen molar-refractivity contribution in [1.82, 2.24) is 14.5 Å². The molecule has 1 aromatic heterocycles. The van der Waals surface area contributed by atoms with E-state index in [0.717, 1.165) is 16.7 Å². The van der Waals surface area contributed by atoms with Gasteiger partial charge in [-0.05, 0) is 18.2 Å². The Hall–Kier alpha value is -2.04. The standard InChI is InChI=1S/C12H16N4O/c1-14(2)12(17)16(4)9-5-6-11-10(7-9)13-8-15(11)3/h5-8H,1-4H3. The summed E-state index contributed by atoms with van der Waals surface area (Å²) in [7, 11) is 7.17. The Labute approximate surface area is 100 Å². The summed E-state index contributed by atoms with van der Waals surface area (Å²) in [6, 6.07) is 5.75. The third-order valence-electron chi connectivity index (χ3n) is 2.77. The van der Waals surface area contributed by atoms with Crippen LogP contribution in [-0.2, 0) is 7.05 Å². The van der Waals surface area contributed by atoms with Gasteiger partial charge in [0.2, 0.25) is 0 Å². The summed E-state index contributed by atoms with van der Waals surface area (Å²) in [4.78, 5) is 19.2. The van der Waals surface area contributed by atoms with Gasteiger partial charge in [0, 0.05) is 33.9 Å². The van der Waals surface area contributed by atoms with Crippen LogP contribution in [0.25, 0.3) is 11.0 Å². The first-order valence-electron chi connectivity index (χ1n) is 5.37. The van der Waals surface area contributed by atoms with Crippen molar-refractivity contribution in [2.24, 2.45) is 7.05 Å². The number of anilines is 1. The van der Waals surface area contributed by atoms with E-state index in [-0.39, 0.29) is 6.03 Å². The van der Waals surface area contributed by atoms with Gasteiger partial charge in [-0.2, -0.15) is 0 Å². The smallest absolute Gasteiger partial charge is 0.323 e. The molecule has 0 atom stereocenters. The molecule has 5 heteroatoms. The van der Waals surface area contributed by atoms with Crippen molar-refractivity contribution in [3.8, 4) is 0 Å². The van der Waals surface area contributed by atoms with Crippen LogP contribution in [0, 0.1) is 0 Å². The van der Waals surface area contributed by atoms with Crippen LogP contribution >= 0.6 is 0 Å². The third kappa shape index (κ3) is 1.95. The SMILES string of the molecule is CN(C)C(=O)N(C)c1ccc2c(c1)ncn2C. The number of hydrogen-bond donors (Lipinski definition) is 0. The van der Waals surface area contributed by atoms with Crippen LogP contribution in [-0.4, -0.2) is 41.6 Å². The van der Waals surface area contributed by atoms with Gasteiger partial charge in [-0.25, -0.2) is 9.78 Å². The predicted molar refractivity (Wildman–Crippen MR) is 68.2 cm³/mol. The quantitative estimate of drug-likeness (QED) is 0.750. The molecular weight excluding hydrogens is 216 g/mol. The van der Waals surface area contributed by atoms with E-state index in [0.29, 0.717) is 0 Å². The average molecular weight is 232 g/mol. The number of imidazole rings is 1. The van der Waals surface area contributed by atoms with Crippen LogP contribution in [0.15, 0.2) is 24.5 Å². The summed E-state index contributed by atoms with van der Waals surface area (Å²) in [6.45, 7) is 0. The van der Waals surface area contributed by atoms with Gasteiger partial charge in [0.05, 0.1) is 17.4 Å². The molecule has 90 valence electrons. The summed E-state index contributed by atoms with van der Waals surface area (Å²) in [5, 5.41) is 0. The largest absolute Gasteiger partial charge is 0.334 e. The van der Waals surface area contributed by atoms with Crippen LogP contribution < -0.4 is 4.90 Å². The highest BCUT2D eigenvalue weighted by atomic mass is 16.2. The lowest BCUT2D eigenvalue weighted by molar-refractivity contribution is 0.225. The lowest BCUT2D eigenvalue weighted by Gasteiger charge is -2.21. The molecule has 0 bridgehead atoms. The Morgan fingerprint density at radius 3 is 2.65 bits per heavy atom. The van der Waals surface area contributed by atoms with E-state index in [1.165, 1.54) is 0 Å². The second-order valence-electron chi connectivity index (χ2n) is 4.26. The molecule has 0 saturated heterocycles. The summed E-state index contributed by atoms with van der Waals surface area (Å²) in [5.74, 6) is 0. The molecule has 0 saturated carbocycles. The lowest BCUT2D eigenvalue weighted by atomic mass is 10.2. The minimum Gasteiger partial charge on any atom is -0.334 e. The normalized spacial score (nSPS) is 10.6. The van der Waals surface area contributed by atoms with Crippen molar-refractivity contribution >= 4 is 22.8 Å². The fourth-order valence-electron chi connectivity index (χ4n) is 1.74. The molecule has 1 heterocycles. The number of amides is 2. The highest BCUT2D eigenvalue weighted by Gasteiger charge is 2.13. The maximum Gasteiger partial charge on any atom is 0.323 e. The molecule has 0 aliphatic carbocycles. The number of hydrogen-bond acceptors (Lipinski definition) is 2. The molecule has 0 N–H and O–H groups in total. The van der Waals surface area contributed by atoms with Gasteiger partial charge >= 0.3 is 6.03 Å². The van der Waals surface area contributed by atoms with Crippen molar-refractivity contribution in [2.45, 2.75) is 0 Å². The van der Waals surface area contributed by atoms with Crippen LogP contribution in [0.4, 0.5) is 10.5 Å². The highest BCUT2D eigenvalue weighted by Crippen LogP contribution is 2.20. The van der Waals surface area contributed by atoms with Crippen LogP contribution in [0.5, 0.6) is 0 Å². The number of urea groups is 1. The Morgan fingerprint density at radius 1 is 1.29 bits per heavy atom. The number of rotatable bonds is 1. The zero-order chi connectivity index (χ0) is 12.6. The molecule has 2 amide bonds. The monoisotopic (exact) mass is 232 g/mol. The van der Waals surface area contributed by atoms with Gasteiger partial charge in [0.1, 0.15) is 0 Å².